The second kappa shape index (κ2) is 3.54. The maximum absolute atomic E-state index is 5.51. The first-order valence-electron chi connectivity index (χ1n) is 3.26. The first kappa shape index (κ1) is 7.51. The van der Waals surface area contributed by atoms with Crippen LogP contribution in [0.2, 0.25) is 0 Å². The average Bonchev–Trinajstić information content (AvgIpc) is 1.89. The van der Waals surface area contributed by atoms with Gasteiger partial charge in [-0.2, -0.15) is 0 Å². The molecule has 2 nitrogen and oxygen atoms in total. The lowest BCUT2D eigenvalue weighted by molar-refractivity contribution is 0.0762. The molecule has 1 heterocycles. The van der Waals surface area contributed by atoms with Gasteiger partial charge in [-0.25, -0.2) is 0 Å². The second-order valence-electron chi connectivity index (χ2n) is 2.38. The van der Waals surface area contributed by atoms with Crippen molar-refractivity contribution < 1.29 is 4.74 Å². The van der Waals surface area contributed by atoms with Crippen molar-refractivity contribution in [3.63, 3.8) is 0 Å². The number of ether oxygens (including phenoxy) is 1. The van der Waals surface area contributed by atoms with Crippen molar-refractivity contribution in [2.24, 2.45) is 11.7 Å². The third-order valence-electron chi connectivity index (χ3n) is 1.72. The molecular weight excluding hydrogens is 182 g/mol. The average molecular weight is 194 g/mol. The van der Waals surface area contributed by atoms with E-state index in [9.17, 15) is 0 Å². The van der Waals surface area contributed by atoms with E-state index >= 15 is 0 Å². The van der Waals surface area contributed by atoms with Gasteiger partial charge in [0.2, 0.25) is 0 Å². The molecule has 2 N–H and O–H groups in total. The smallest absolute Gasteiger partial charge is 0.0594 e. The molecule has 0 aromatic rings. The highest BCUT2D eigenvalue weighted by Crippen LogP contribution is 2.20. The molecule has 3 heteroatoms. The van der Waals surface area contributed by atoms with Gasteiger partial charge in [-0.1, -0.05) is 15.9 Å². The van der Waals surface area contributed by atoms with E-state index in [0.29, 0.717) is 10.7 Å². The maximum Gasteiger partial charge on any atom is 0.0594 e. The number of nitrogens with two attached hydrogens (primary N) is 1. The quantitative estimate of drug-likeness (QED) is 0.625. The predicted octanol–water partition coefficient (Wildman–Crippen LogP) is 0.745. The molecule has 1 saturated heterocycles. The molecular formula is C6H12BrNO. The molecule has 0 aromatic carbocycles. The van der Waals surface area contributed by atoms with Crippen LogP contribution in [0, 0.1) is 5.92 Å². The Balaban J connectivity index is 2.30. The van der Waals surface area contributed by atoms with E-state index in [1.165, 1.54) is 0 Å². The van der Waals surface area contributed by atoms with Crippen LogP contribution >= 0.6 is 15.9 Å². The van der Waals surface area contributed by atoms with E-state index in [1.54, 1.807) is 0 Å². The summed E-state index contributed by atoms with van der Waals surface area (Å²) < 4.78 is 5.21. The standard InChI is InChI=1S/C6H12BrNO/c7-6-4-9-2-1-5(6)3-8/h5-6H,1-4,8H2/t5-,6-/m0/s1. The van der Waals surface area contributed by atoms with Gasteiger partial charge in [0.25, 0.3) is 0 Å². The summed E-state index contributed by atoms with van der Waals surface area (Å²) in [5.41, 5.74) is 5.51. The molecule has 9 heavy (non-hydrogen) atoms. The Morgan fingerprint density at radius 3 is 2.89 bits per heavy atom. The van der Waals surface area contributed by atoms with Gasteiger partial charge in [0.1, 0.15) is 0 Å². The zero-order valence-electron chi connectivity index (χ0n) is 5.35. The van der Waals surface area contributed by atoms with E-state index in [2.05, 4.69) is 15.9 Å². The van der Waals surface area contributed by atoms with Crippen molar-refractivity contribution in [1.82, 2.24) is 0 Å². The normalized spacial score (nSPS) is 36.7. The van der Waals surface area contributed by atoms with Crippen molar-refractivity contribution in [2.75, 3.05) is 19.8 Å². The third kappa shape index (κ3) is 1.92. The molecule has 0 bridgehead atoms. The molecule has 1 aliphatic heterocycles. The molecule has 1 fully saturated rings. The Bertz CT molecular complexity index is 89.1. The second-order valence-corrected chi connectivity index (χ2v) is 3.55. The fourth-order valence-corrected chi connectivity index (χ4v) is 1.68. The highest BCUT2D eigenvalue weighted by molar-refractivity contribution is 9.09. The third-order valence-corrected chi connectivity index (χ3v) is 2.74. The molecule has 1 aliphatic rings. The van der Waals surface area contributed by atoms with Crippen LogP contribution in [0.3, 0.4) is 0 Å². The molecule has 2 atom stereocenters. The number of alkyl halides is 1. The fourth-order valence-electron chi connectivity index (χ4n) is 1.01. The molecule has 0 aliphatic carbocycles. The van der Waals surface area contributed by atoms with Gasteiger partial charge in [0.15, 0.2) is 0 Å². The lowest BCUT2D eigenvalue weighted by Gasteiger charge is -2.25. The van der Waals surface area contributed by atoms with Crippen molar-refractivity contribution >= 4 is 15.9 Å². The minimum atomic E-state index is 0.483. The molecule has 0 unspecified atom stereocenters. The van der Waals surface area contributed by atoms with Gasteiger partial charge in [0, 0.05) is 11.4 Å². The largest absolute Gasteiger partial charge is 0.380 e. The van der Waals surface area contributed by atoms with Crippen LogP contribution in [-0.4, -0.2) is 24.6 Å². The van der Waals surface area contributed by atoms with E-state index in [4.69, 9.17) is 10.5 Å². The first-order chi connectivity index (χ1) is 4.34. The lowest BCUT2D eigenvalue weighted by Crippen LogP contribution is -2.32. The number of rotatable bonds is 1. The zero-order chi connectivity index (χ0) is 6.69. The zero-order valence-corrected chi connectivity index (χ0v) is 6.93. The summed E-state index contributed by atoms with van der Waals surface area (Å²) in [5, 5.41) is 0. The monoisotopic (exact) mass is 193 g/mol. The molecule has 54 valence electrons. The highest BCUT2D eigenvalue weighted by atomic mass is 79.9. The van der Waals surface area contributed by atoms with Gasteiger partial charge in [0.05, 0.1) is 6.61 Å². The van der Waals surface area contributed by atoms with Gasteiger partial charge in [-0.3, -0.25) is 0 Å². The fraction of sp³-hybridized carbons (Fsp3) is 1.00. The predicted molar refractivity (Wildman–Crippen MR) is 40.7 cm³/mol. The van der Waals surface area contributed by atoms with E-state index in [0.717, 1.165) is 26.2 Å². The van der Waals surface area contributed by atoms with Crippen LogP contribution in [0.5, 0.6) is 0 Å². The van der Waals surface area contributed by atoms with Crippen molar-refractivity contribution in [2.45, 2.75) is 11.2 Å². The summed E-state index contributed by atoms with van der Waals surface area (Å²) in [6.07, 6.45) is 1.10. The summed E-state index contributed by atoms with van der Waals surface area (Å²) in [6, 6.07) is 0. The van der Waals surface area contributed by atoms with E-state index < -0.39 is 0 Å². The molecule has 0 aromatic heterocycles. The van der Waals surface area contributed by atoms with Crippen LogP contribution in [0.4, 0.5) is 0 Å². The van der Waals surface area contributed by atoms with E-state index in [-0.39, 0.29) is 0 Å². The molecule has 1 rings (SSSR count). The van der Waals surface area contributed by atoms with Crippen molar-refractivity contribution in [1.29, 1.82) is 0 Å². The summed E-state index contributed by atoms with van der Waals surface area (Å²) in [4.78, 5) is 0.483. The van der Waals surface area contributed by atoms with Crippen LogP contribution in [-0.2, 0) is 4.74 Å². The number of hydrogen-bond donors (Lipinski definition) is 1. The molecule has 0 amide bonds. The summed E-state index contributed by atoms with van der Waals surface area (Å²) in [7, 11) is 0. The molecule has 0 radical (unpaired) electrons. The Morgan fingerprint density at radius 2 is 2.44 bits per heavy atom. The topological polar surface area (TPSA) is 35.2 Å². The van der Waals surface area contributed by atoms with Crippen molar-refractivity contribution in [3.05, 3.63) is 0 Å². The van der Waals surface area contributed by atoms with Crippen molar-refractivity contribution in [3.8, 4) is 0 Å². The van der Waals surface area contributed by atoms with Crippen LogP contribution in [0.1, 0.15) is 6.42 Å². The SMILES string of the molecule is NC[C@@H]1CCOC[C@@H]1Br. The number of hydrogen-bond acceptors (Lipinski definition) is 2. The summed E-state index contributed by atoms with van der Waals surface area (Å²) in [5.74, 6) is 0.624. The number of halogens is 1. The Morgan fingerprint density at radius 1 is 1.67 bits per heavy atom. The molecule has 0 spiro atoms. The van der Waals surface area contributed by atoms with E-state index in [1.807, 2.05) is 0 Å². The lowest BCUT2D eigenvalue weighted by atomic mass is 10.0. The van der Waals surface area contributed by atoms with Gasteiger partial charge in [-0.15, -0.1) is 0 Å². The van der Waals surface area contributed by atoms with Crippen LogP contribution in [0.15, 0.2) is 0 Å². The first-order valence-corrected chi connectivity index (χ1v) is 4.18. The van der Waals surface area contributed by atoms with Crippen LogP contribution in [0.25, 0.3) is 0 Å². The Kier molecular flexibility index (Phi) is 2.95. The van der Waals surface area contributed by atoms with Gasteiger partial charge >= 0.3 is 0 Å². The summed E-state index contributed by atoms with van der Waals surface area (Å²) >= 11 is 3.51. The summed E-state index contributed by atoms with van der Waals surface area (Å²) in [6.45, 7) is 2.48. The maximum atomic E-state index is 5.51. The minimum Gasteiger partial charge on any atom is -0.380 e. The van der Waals surface area contributed by atoms with Gasteiger partial charge < -0.3 is 10.5 Å². The Hall–Kier alpha value is 0.400. The van der Waals surface area contributed by atoms with Gasteiger partial charge in [-0.05, 0) is 18.9 Å². The highest BCUT2D eigenvalue weighted by Gasteiger charge is 2.21. The molecule has 0 saturated carbocycles. The van der Waals surface area contributed by atoms with Crippen LogP contribution < -0.4 is 5.73 Å². The Labute approximate surface area is 63.9 Å². The minimum absolute atomic E-state index is 0.483.